The number of carbonyl (C=O) groups excluding carboxylic acids is 2. The lowest BCUT2D eigenvalue weighted by Crippen LogP contribution is -2.24. The van der Waals surface area contributed by atoms with Gasteiger partial charge in [0.2, 0.25) is 0 Å². The number of rotatable bonds is 9. The van der Waals surface area contributed by atoms with Crippen molar-refractivity contribution in [3.05, 3.63) is 101 Å². The van der Waals surface area contributed by atoms with Crippen molar-refractivity contribution in [3.8, 4) is 5.75 Å². The summed E-state index contributed by atoms with van der Waals surface area (Å²) in [7, 11) is 1.38. The van der Waals surface area contributed by atoms with Crippen LogP contribution in [0, 0.1) is 0 Å². The van der Waals surface area contributed by atoms with Crippen molar-refractivity contribution < 1.29 is 19.1 Å². The third-order valence-electron chi connectivity index (χ3n) is 7.07. The number of nitrogens with zero attached hydrogens (tertiary/aromatic N) is 2. The Morgan fingerprint density at radius 1 is 1.03 bits per heavy atom. The number of aromatic nitrogens is 2. The van der Waals surface area contributed by atoms with Crippen LogP contribution >= 0.6 is 0 Å². The van der Waals surface area contributed by atoms with Gasteiger partial charge in [0.15, 0.2) is 0 Å². The van der Waals surface area contributed by atoms with Crippen LogP contribution in [-0.2, 0) is 17.9 Å². The van der Waals surface area contributed by atoms with Gasteiger partial charge in [0.1, 0.15) is 12.4 Å². The molecule has 1 aliphatic heterocycles. The van der Waals surface area contributed by atoms with Gasteiger partial charge in [0, 0.05) is 24.2 Å². The van der Waals surface area contributed by atoms with E-state index in [2.05, 4.69) is 35.4 Å². The lowest BCUT2D eigenvalue weighted by atomic mass is 9.93. The molecule has 0 aliphatic carbocycles. The molecule has 2 heterocycles. The summed E-state index contributed by atoms with van der Waals surface area (Å²) in [5.74, 6) is 0.239. The summed E-state index contributed by atoms with van der Waals surface area (Å²) in [6, 6.07) is 19.1. The molecular weight excluding hydrogens is 490 g/mol. The van der Waals surface area contributed by atoms with Crippen molar-refractivity contribution in [1.82, 2.24) is 14.9 Å². The van der Waals surface area contributed by atoms with Gasteiger partial charge in [0.25, 0.3) is 5.91 Å². The standard InChI is InChI=1S/C32H33N3O4/c1-3-4-5-8-16-33-31(36)22-11-13-28-29(19-22)35(21-34-28)17-15-26-25-10-7-6-9-24(25)20-39-30-14-12-23(18-27(26)30)32(37)38-2/h6-7,9-15,18-19,21H,3-5,8,16-17,20H2,1-2H3,(H,33,36)/b26-15+. The minimum atomic E-state index is -0.397. The maximum absolute atomic E-state index is 12.8. The Kier molecular flexibility index (Phi) is 8.06. The first-order valence-electron chi connectivity index (χ1n) is 13.5. The van der Waals surface area contributed by atoms with E-state index in [-0.39, 0.29) is 5.91 Å². The molecule has 0 spiro atoms. The van der Waals surface area contributed by atoms with Crippen LogP contribution in [0.3, 0.4) is 0 Å². The Morgan fingerprint density at radius 2 is 1.87 bits per heavy atom. The van der Waals surface area contributed by atoms with Crippen LogP contribution in [0.4, 0.5) is 0 Å². The van der Waals surface area contributed by atoms with E-state index in [9.17, 15) is 9.59 Å². The number of allylic oxidation sites excluding steroid dienone is 1. The third-order valence-corrected chi connectivity index (χ3v) is 7.07. The number of ether oxygens (including phenoxy) is 2. The van der Waals surface area contributed by atoms with E-state index >= 15 is 0 Å². The van der Waals surface area contributed by atoms with E-state index in [1.807, 2.05) is 47.0 Å². The van der Waals surface area contributed by atoms with Crippen molar-refractivity contribution in [2.75, 3.05) is 13.7 Å². The Labute approximate surface area is 228 Å². The molecule has 200 valence electrons. The van der Waals surface area contributed by atoms with Crippen molar-refractivity contribution in [2.45, 2.75) is 45.8 Å². The topological polar surface area (TPSA) is 82.5 Å². The molecule has 3 aromatic carbocycles. The van der Waals surface area contributed by atoms with Gasteiger partial charge in [0.05, 0.1) is 30.0 Å². The zero-order valence-corrected chi connectivity index (χ0v) is 22.4. The molecule has 7 nitrogen and oxygen atoms in total. The van der Waals surface area contributed by atoms with Crippen LogP contribution in [0.25, 0.3) is 16.6 Å². The van der Waals surface area contributed by atoms with Crippen molar-refractivity contribution >= 4 is 28.5 Å². The third kappa shape index (κ3) is 5.72. The number of carbonyl (C=O) groups is 2. The number of hydrogen-bond acceptors (Lipinski definition) is 5. The van der Waals surface area contributed by atoms with E-state index in [0.717, 1.165) is 46.1 Å². The van der Waals surface area contributed by atoms with Gasteiger partial charge in [-0.1, -0.05) is 56.5 Å². The number of unbranched alkanes of at least 4 members (excludes halogenated alkanes) is 3. The Hall–Kier alpha value is -4.39. The van der Waals surface area contributed by atoms with Gasteiger partial charge in [-0.25, -0.2) is 9.78 Å². The molecule has 1 N–H and O–H groups in total. The molecule has 7 heteroatoms. The van der Waals surface area contributed by atoms with Crippen molar-refractivity contribution in [3.63, 3.8) is 0 Å². The molecule has 0 atom stereocenters. The Morgan fingerprint density at radius 3 is 2.72 bits per heavy atom. The molecular formula is C32H33N3O4. The van der Waals surface area contributed by atoms with E-state index in [1.54, 1.807) is 12.4 Å². The average Bonchev–Trinajstić information content (AvgIpc) is 3.31. The lowest BCUT2D eigenvalue weighted by Gasteiger charge is -2.13. The second-order valence-electron chi connectivity index (χ2n) is 9.68. The first-order valence-corrected chi connectivity index (χ1v) is 13.5. The highest BCUT2D eigenvalue weighted by Gasteiger charge is 2.21. The number of methoxy groups -OCH3 is 1. The van der Waals surface area contributed by atoms with Gasteiger partial charge in [-0.15, -0.1) is 0 Å². The highest BCUT2D eigenvalue weighted by Crippen LogP contribution is 2.37. The summed E-state index contributed by atoms with van der Waals surface area (Å²) in [6.07, 6.45) is 8.37. The number of hydrogen-bond donors (Lipinski definition) is 1. The fourth-order valence-electron chi connectivity index (χ4n) is 4.93. The largest absolute Gasteiger partial charge is 0.488 e. The van der Waals surface area contributed by atoms with E-state index < -0.39 is 5.97 Å². The first-order chi connectivity index (χ1) is 19.1. The predicted octanol–water partition coefficient (Wildman–Crippen LogP) is 6.16. The molecule has 39 heavy (non-hydrogen) atoms. The normalized spacial score (nSPS) is 13.3. The highest BCUT2D eigenvalue weighted by molar-refractivity contribution is 5.97. The number of amides is 1. The summed E-state index contributed by atoms with van der Waals surface area (Å²) in [5, 5.41) is 3.03. The maximum atomic E-state index is 12.8. The molecule has 0 radical (unpaired) electrons. The summed E-state index contributed by atoms with van der Waals surface area (Å²) in [4.78, 5) is 29.6. The number of imidazole rings is 1. The molecule has 0 fully saturated rings. The summed E-state index contributed by atoms with van der Waals surface area (Å²) < 4.78 is 13.1. The molecule has 1 aliphatic rings. The van der Waals surface area contributed by atoms with Crippen molar-refractivity contribution in [2.24, 2.45) is 0 Å². The number of nitrogens with one attached hydrogen (secondary N) is 1. The first kappa shape index (κ1) is 26.2. The highest BCUT2D eigenvalue weighted by atomic mass is 16.5. The number of fused-ring (bicyclic) bond motifs is 3. The summed E-state index contributed by atoms with van der Waals surface area (Å²) in [5.41, 5.74) is 6.69. The zero-order valence-electron chi connectivity index (χ0n) is 22.4. The second-order valence-corrected chi connectivity index (χ2v) is 9.68. The van der Waals surface area contributed by atoms with Crippen LogP contribution in [0.5, 0.6) is 5.75 Å². The minimum Gasteiger partial charge on any atom is -0.488 e. The van der Waals surface area contributed by atoms with E-state index in [1.165, 1.54) is 20.0 Å². The smallest absolute Gasteiger partial charge is 0.337 e. The van der Waals surface area contributed by atoms with E-state index in [4.69, 9.17) is 9.47 Å². The molecule has 1 aromatic heterocycles. The molecule has 1 amide bonds. The maximum Gasteiger partial charge on any atom is 0.337 e. The zero-order chi connectivity index (χ0) is 27.2. The van der Waals surface area contributed by atoms with Crippen LogP contribution in [0.1, 0.15) is 70.0 Å². The number of esters is 1. The Bertz CT molecular complexity index is 1540. The molecule has 0 unspecified atom stereocenters. The van der Waals surface area contributed by atoms with Gasteiger partial charge < -0.3 is 19.4 Å². The fourth-order valence-corrected chi connectivity index (χ4v) is 4.93. The molecule has 4 aromatic rings. The average molecular weight is 524 g/mol. The van der Waals surface area contributed by atoms with Crippen LogP contribution < -0.4 is 10.1 Å². The van der Waals surface area contributed by atoms with Gasteiger partial charge in [-0.05, 0) is 59.5 Å². The number of benzene rings is 3. The minimum absolute atomic E-state index is 0.0707. The van der Waals surface area contributed by atoms with Gasteiger partial charge in [-0.3, -0.25) is 4.79 Å². The summed E-state index contributed by atoms with van der Waals surface area (Å²) in [6.45, 7) is 3.80. The molecule has 0 bridgehead atoms. The molecule has 5 rings (SSSR count). The monoisotopic (exact) mass is 523 g/mol. The Balaban J connectivity index is 1.47. The van der Waals surface area contributed by atoms with E-state index in [0.29, 0.717) is 36.6 Å². The SMILES string of the molecule is CCCCCCNC(=O)c1ccc2ncn(C/C=C3\c4ccccc4COc4ccc(C(=O)OC)cc43)c2c1. The lowest BCUT2D eigenvalue weighted by molar-refractivity contribution is 0.0600. The summed E-state index contributed by atoms with van der Waals surface area (Å²) >= 11 is 0. The molecule has 0 saturated heterocycles. The molecule has 0 saturated carbocycles. The quantitative estimate of drug-likeness (QED) is 0.210. The van der Waals surface area contributed by atoms with Crippen LogP contribution in [0.2, 0.25) is 0 Å². The van der Waals surface area contributed by atoms with Crippen LogP contribution in [-0.4, -0.2) is 35.1 Å². The second kappa shape index (κ2) is 12.0. The predicted molar refractivity (Wildman–Crippen MR) is 152 cm³/mol. The van der Waals surface area contributed by atoms with Gasteiger partial charge >= 0.3 is 5.97 Å². The fraction of sp³-hybridized carbons (Fsp3) is 0.281. The van der Waals surface area contributed by atoms with Gasteiger partial charge in [-0.2, -0.15) is 0 Å². The van der Waals surface area contributed by atoms with Crippen molar-refractivity contribution in [1.29, 1.82) is 0 Å². The van der Waals surface area contributed by atoms with Crippen LogP contribution in [0.15, 0.2) is 73.1 Å².